The van der Waals surface area contributed by atoms with Crippen molar-refractivity contribution in [2.24, 2.45) is 0 Å². The van der Waals surface area contributed by atoms with Gasteiger partial charge in [0.15, 0.2) is 11.5 Å². The van der Waals surface area contributed by atoms with Gasteiger partial charge in [0.05, 0.1) is 0 Å². The van der Waals surface area contributed by atoms with Gasteiger partial charge < -0.3 is 20.1 Å². The summed E-state index contributed by atoms with van der Waals surface area (Å²) in [7, 11) is 0. The van der Waals surface area contributed by atoms with Crippen molar-refractivity contribution in [3.8, 4) is 11.5 Å². The van der Waals surface area contributed by atoms with Crippen molar-refractivity contribution < 1.29 is 14.3 Å². The van der Waals surface area contributed by atoms with Crippen LogP contribution in [0, 0.1) is 0 Å². The molecule has 0 aromatic heterocycles. The molecule has 1 aliphatic rings. The van der Waals surface area contributed by atoms with Crippen LogP contribution >= 0.6 is 0 Å². The fourth-order valence-corrected chi connectivity index (χ4v) is 1.92. The molecule has 5 heteroatoms. The Morgan fingerprint density at radius 2 is 2.15 bits per heavy atom. The van der Waals surface area contributed by atoms with Crippen LogP contribution in [-0.4, -0.2) is 25.3 Å². The third-order valence-corrected chi connectivity index (χ3v) is 3.38. The molecular formula is C15H22N2O3. The highest BCUT2D eigenvalue weighted by Crippen LogP contribution is 2.32. The van der Waals surface area contributed by atoms with Gasteiger partial charge in [0.25, 0.3) is 0 Å². The quantitative estimate of drug-likeness (QED) is 0.798. The van der Waals surface area contributed by atoms with E-state index in [1.165, 1.54) is 0 Å². The van der Waals surface area contributed by atoms with E-state index >= 15 is 0 Å². The van der Waals surface area contributed by atoms with Crippen molar-refractivity contribution in [3.05, 3.63) is 23.8 Å². The van der Waals surface area contributed by atoms with Gasteiger partial charge in [0, 0.05) is 25.6 Å². The topological polar surface area (TPSA) is 59.6 Å². The highest BCUT2D eigenvalue weighted by molar-refractivity contribution is 5.76. The van der Waals surface area contributed by atoms with Crippen LogP contribution in [0.3, 0.4) is 0 Å². The second-order valence-corrected chi connectivity index (χ2v) is 4.98. The minimum atomic E-state index is 0.0541. The third-order valence-electron chi connectivity index (χ3n) is 3.38. The van der Waals surface area contributed by atoms with E-state index in [2.05, 4.69) is 24.5 Å². The molecular weight excluding hydrogens is 256 g/mol. The summed E-state index contributed by atoms with van der Waals surface area (Å²) < 4.78 is 10.6. The van der Waals surface area contributed by atoms with Crippen LogP contribution in [0.2, 0.25) is 0 Å². The van der Waals surface area contributed by atoms with Gasteiger partial charge in [-0.25, -0.2) is 0 Å². The summed E-state index contributed by atoms with van der Waals surface area (Å²) in [5, 5.41) is 6.20. The average Bonchev–Trinajstić information content (AvgIpc) is 2.92. The molecule has 1 heterocycles. The van der Waals surface area contributed by atoms with E-state index in [0.717, 1.165) is 23.5 Å². The Balaban J connectivity index is 1.71. The highest BCUT2D eigenvalue weighted by atomic mass is 16.7. The second kappa shape index (κ2) is 7.14. The minimum Gasteiger partial charge on any atom is -0.454 e. The average molecular weight is 278 g/mol. The molecule has 1 unspecified atom stereocenters. The van der Waals surface area contributed by atoms with Gasteiger partial charge in [-0.15, -0.1) is 0 Å². The maximum atomic E-state index is 11.7. The SMILES string of the molecule is CCC(C)NCCC(=O)NCc1ccc2c(c1)OCO2. The Hall–Kier alpha value is -1.75. The fraction of sp³-hybridized carbons (Fsp3) is 0.533. The predicted molar refractivity (Wildman–Crippen MR) is 76.8 cm³/mol. The van der Waals surface area contributed by atoms with Crippen LogP contribution in [0.4, 0.5) is 0 Å². The Bertz CT molecular complexity index is 462. The fourth-order valence-electron chi connectivity index (χ4n) is 1.92. The van der Waals surface area contributed by atoms with Crippen molar-refractivity contribution in [3.63, 3.8) is 0 Å². The lowest BCUT2D eigenvalue weighted by molar-refractivity contribution is -0.121. The molecule has 2 rings (SSSR count). The lowest BCUT2D eigenvalue weighted by Gasteiger charge is -2.11. The maximum absolute atomic E-state index is 11.7. The van der Waals surface area contributed by atoms with Gasteiger partial charge in [-0.1, -0.05) is 13.0 Å². The molecule has 0 bridgehead atoms. The van der Waals surface area contributed by atoms with Gasteiger partial charge in [-0.05, 0) is 31.0 Å². The number of nitrogens with one attached hydrogen (secondary N) is 2. The van der Waals surface area contributed by atoms with Crippen molar-refractivity contribution in [2.45, 2.75) is 39.3 Å². The summed E-state index contributed by atoms with van der Waals surface area (Å²) in [6.07, 6.45) is 1.56. The largest absolute Gasteiger partial charge is 0.454 e. The number of ether oxygens (including phenoxy) is 2. The molecule has 0 fully saturated rings. The van der Waals surface area contributed by atoms with Crippen molar-refractivity contribution in [1.29, 1.82) is 0 Å². The summed E-state index contributed by atoms with van der Waals surface area (Å²) >= 11 is 0. The third kappa shape index (κ3) is 4.13. The first-order valence-electron chi connectivity index (χ1n) is 7.07. The number of fused-ring (bicyclic) bond motifs is 1. The maximum Gasteiger partial charge on any atom is 0.231 e. The van der Waals surface area contributed by atoms with E-state index < -0.39 is 0 Å². The number of carbonyl (C=O) groups excluding carboxylic acids is 1. The van der Waals surface area contributed by atoms with E-state index in [0.29, 0.717) is 25.6 Å². The van der Waals surface area contributed by atoms with Crippen molar-refractivity contribution >= 4 is 5.91 Å². The Kier molecular flexibility index (Phi) is 5.24. The predicted octanol–water partition coefficient (Wildman–Crippen LogP) is 1.81. The Morgan fingerprint density at radius 3 is 2.95 bits per heavy atom. The number of amides is 1. The normalized spacial score (nSPS) is 14.1. The number of rotatable bonds is 7. The number of carbonyl (C=O) groups is 1. The number of hydrogen-bond acceptors (Lipinski definition) is 4. The van der Waals surface area contributed by atoms with Gasteiger partial charge in [0.2, 0.25) is 12.7 Å². The molecule has 20 heavy (non-hydrogen) atoms. The van der Waals surface area contributed by atoms with Crippen molar-refractivity contribution in [2.75, 3.05) is 13.3 Å². The summed E-state index contributed by atoms with van der Waals surface area (Å²) in [6.45, 7) is 5.73. The first-order valence-corrected chi connectivity index (χ1v) is 7.07. The summed E-state index contributed by atoms with van der Waals surface area (Å²) in [4.78, 5) is 11.7. The molecule has 2 N–H and O–H groups in total. The summed E-state index contributed by atoms with van der Waals surface area (Å²) in [5.41, 5.74) is 1.01. The minimum absolute atomic E-state index is 0.0541. The zero-order valence-corrected chi connectivity index (χ0v) is 12.1. The molecule has 0 spiro atoms. The Labute approximate surface area is 119 Å². The molecule has 0 aliphatic carbocycles. The molecule has 1 amide bonds. The highest BCUT2D eigenvalue weighted by Gasteiger charge is 2.13. The first kappa shape index (κ1) is 14.7. The molecule has 110 valence electrons. The zero-order chi connectivity index (χ0) is 14.4. The van der Waals surface area contributed by atoms with E-state index in [-0.39, 0.29) is 12.7 Å². The van der Waals surface area contributed by atoms with Crippen LogP contribution in [0.1, 0.15) is 32.3 Å². The van der Waals surface area contributed by atoms with Crippen LogP contribution in [0.5, 0.6) is 11.5 Å². The van der Waals surface area contributed by atoms with Crippen LogP contribution in [0.15, 0.2) is 18.2 Å². The molecule has 0 saturated carbocycles. The monoisotopic (exact) mass is 278 g/mol. The molecule has 1 aromatic carbocycles. The van der Waals surface area contributed by atoms with Gasteiger partial charge in [-0.3, -0.25) is 4.79 Å². The van der Waals surface area contributed by atoms with E-state index in [9.17, 15) is 4.79 Å². The van der Waals surface area contributed by atoms with Gasteiger partial charge in [0.1, 0.15) is 0 Å². The standard InChI is InChI=1S/C15H22N2O3/c1-3-11(2)16-7-6-15(18)17-9-12-4-5-13-14(8-12)20-10-19-13/h4-5,8,11,16H,3,6-7,9-10H2,1-2H3,(H,17,18). The van der Waals surface area contributed by atoms with E-state index in [1.807, 2.05) is 18.2 Å². The molecule has 5 nitrogen and oxygen atoms in total. The molecule has 1 aliphatic heterocycles. The first-order chi connectivity index (χ1) is 9.69. The second-order valence-electron chi connectivity index (χ2n) is 4.98. The lowest BCUT2D eigenvalue weighted by Crippen LogP contribution is -2.31. The molecule has 1 aromatic rings. The Morgan fingerprint density at radius 1 is 1.35 bits per heavy atom. The number of hydrogen-bond donors (Lipinski definition) is 2. The number of benzene rings is 1. The smallest absolute Gasteiger partial charge is 0.231 e. The summed E-state index contributed by atoms with van der Waals surface area (Å²) in [6, 6.07) is 6.16. The van der Waals surface area contributed by atoms with E-state index in [1.54, 1.807) is 0 Å². The van der Waals surface area contributed by atoms with Crippen LogP contribution < -0.4 is 20.1 Å². The van der Waals surface area contributed by atoms with Crippen molar-refractivity contribution in [1.82, 2.24) is 10.6 Å². The van der Waals surface area contributed by atoms with E-state index in [4.69, 9.17) is 9.47 Å². The van der Waals surface area contributed by atoms with Gasteiger partial charge >= 0.3 is 0 Å². The molecule has 0 radical (unpaired) electrons. The molecule has 0 saturated heterocycles. The molecule has 1 atom stereocenters. The lowest BCUT2D eigenvalue weighted by atomic mass is 10.2. The van der Waals surface area contributed by atoms with Crippen LogP contribution in [0.25, 0.3) is 0 Å². The summed E-state index contributed by atoms with van der Waals surface area (Å²) in [5.74, 6) is 1.56. The van der Waals surface area contributed by atoms with Crippen LogP contribution in [-0.2, 0) is 11.3 Å². The zero-order valence-electron chi connectivity index (χ0n) is 12.1. The van der Waals surface area contributed by atoms with Gasteiger partial charge in [-0.2, -0.15) is 0 Å².